The second-order valence-electron chi connectivity index (χ2n) is 3.54. The van der Waals surface area contributed by atoms with Crippen LogP contribution >= 0.6 is 0 Å². The molecule has 0 aromatic rings. The molecule has 12 heavy (non-hydrogen) atoms. The lowest BCUT2D eigenvalue weighted by molar-refractivity contribution is -0.131. The molecule has 0 aromatic heterocycles. The summed E-state index contributed by atoms with van der Waals surface area (Å²) in [5.74, 6) is -0.194. The first kappa shape index (κ1) is 9.10. The van der Waals surface area contributed by atoms with E-state index in [-0.39, 0.29) is 0 Å². The molecule has 1 rings (SSSR count). The molecule has 0 amide bonds. The number of likely N-dealkylation sites (tertiary alicyclic amines) is 1. The number of rotatable bonds is 2. The highest BCUT2D eigenvalue weighted by atomic mass is 16.4. The summed E-state index contributed by atoms with van der Waals surface area (Å²) in [7, 11) is 0. The second-order valence-corrected chi connectivity index (χ2v) is 3.54. The molecule has 2 unspecified atom stereocenters. The number of carboxylic acid groups (broad SMARTS) is 1. The van der Waals surface area contributed by atoms with Crippen molar-refractivity contribution < 1.29 is 9.90 Å². The van der Waals surface area contributed by atoms with Crippen molar-refractivity contribution in [2.24, 2.45) is 5.92 Å². The lowest BCUT2D eigenvalue weighted by Crippen LogP contribution is -2.20. The number of carboxylic acids is 1. The van der Waals surface area contributed by atoms with Crippen molar-refractivity contribution in [2.75, 3.05) is 6.54 Å². The maximum absolute atomic E-state index is 10.2. The van der Waals surface area contributed by atoms with Crippen molar-refractivity contribution in [3.63, 3.8) is 0 Å². The van der Waals surface area contributed by atoms with Gasteiger partial charge in [0.1, 0.15) is 0 Å². The van der Waals surface area contributed by atoms with Gasteiger partial charge in [-0.15, -0.1) is 0 Å². The highest BCUT2D eigenvalue weighted by Gasteiger charge is 2.22. The van der Waals surface area contributed by atoms with Gasteiger partial charge in [-0.2, -0.15) is 0 Å². The van der Waals surface area contributed by atoms with Crippen LogP contribution in [0.15, 0.2) is 12.3 Å². The van der Waals surface area contributed by atoms with Gasteiger partial charge in [0.15, 0.2) is 0 Å². The van der Waals surface area contributed by atoms with E-state index in [4.69, 9.17) is 5.11 Å². The molecule has 3 nitrogen and oxygen atoms in total. The third-order valence-corrected chi connectivity index (χ3v) is 2.24. The molecular weight excluding hydrogens is 154 g/mol. The van der Waals surface area contributed by atoms with Gasteiger partial charge in [0, 0.05) is 24.9 Å². The molecule has 1 heterocycles. The molecule has 1 saturated heterocycles. The van der Waals surface area contributed by atoms with E-state index < -0.39 is 5.97 Å². The Morgan fingerprint density at radius 3 is 2.67 bits per heavy atom. The Labute approximate surface area is 72.7 Å². The Bertz CT molecular complexity index is 201. The Kier molecular flexibility index (Phi) is 2.74. The van der Waals surface area contributed by atoms with E-state index >= 15 is 0 Å². The number of aliphatic carboxylic acids is 1. The minimum absolute atomic E-state index is 0.482. The van der Waals surface area contributed by atoms with Crippen LogP contribution in [0.4, 0.5) is 0 Å². The zero-order valence-electron chi connectivity index (χ0n) is 7.53. The quantitative estimate of drug-likeness (QED) is 0.634. The normalized spacial score (nSPS) is 30.0. The number of nitrogens with zero attached hydrogens (tertiary/aromatic N) is 1. The van der Waals surface area contributed by atoms with Crippen LogP contribution in [0.25, 0.3) is 0 Å². The van der Waals surface area contributed by atoms with E-state index in [0.717, 1.165) is 13.0 Å². The maximum Gasteiger partial charge on any atom is 0.329 e. The average Bonchev–Trinajstić information content (AvgIpc) is 2.26. The number of hydrogen-bond donors (Lipinski definition) is 1. The third kappa shape index (κ3) is 2.26. The molecule has 0 aromatic carbocycles. The molecule has 68 valence electrons. The Balaban J connectivity index is 2.48. The molecule has 1 fully saturated rings. The van der Waals surface area contributed by atoms with E-state index in [1.165, 1.54) is 6.08 Å². The summed E-state index contributed by atoms with van der Waals surface area (Å²) in [6.07, 6.45) is 4.04. The van der Waals surface area contributed by atoms with Crippen LogP contribution in [0.5, 0.6) is 0 Å². The molecule has 1 N–H and O–H groups in total. The largest absolute Gasteiger partial charge is 0.478 e. The molecule has 0 radical (unpaired) electrons. The summed E-state index contributed by atoms with van der Waals surface area (Å²) in [6, 6.07) is 0.482. The first-order valence-corrected chi connectivity index (χ1v) is 4.26. The Hall–Kier alpha value is -0.990. The lowest BCUT2D eigenvalue weighted by atomic mass is 10.1. The van der Waals surface area contributed by atoms with Crippen LogP contribution < -0.4 is 0 Å². The molecule has 1 aliphatic heterocycles. The summed E-state index contributed by atoms with van der Waals surface area (Å²) >= 11 is 0. The fraction of sp³-hybridized carbons (Fsp3) is 0.667. The van der Waals surface area contributed by atoms with E-state index in [0.29, 0.717) is 12.0 Å². The van der Waals surface area contributed by atoms with E-state index in [9.17, 15) is 4.79 Å². The van der Waals surface area contributed by atoms with Gasteiger partial charge in [-0.1, -0.05) is 6.92 Å². The number of hydrogen-bond acceptors (Lipinski definition) is 2. The summed E-state index contributed by atoms with van der Waals surface area (Å²) in [5.41, 5.74) is 0. The molecule has 0 aliphatic carbocycles. The first-order valence-electron chi connectivity index (χ1n) is 4.26. The second kappa shape index (κ2) is 3.61. The van der Waals surface area contributed by atoms with Crippen LogP contribution in [0.2, 0.25) is 0 Å². The minimum atomic E-state index is -0.873. The molecule has 0 saturated carbocycles. The predicted molar refractivity (Wildman–Crippen MR) is 46.7 cm³/mol. The van der Waals surface area contributed by atoms with Gasteiger partial charge in [0.25, 0.3) is 0 Å². The van der Waals surface area contributed by atoms with Crippen LogP contribution in [0, 0.1) is 5.92 Å². The van der Waals surface area contributed by atoms with Crippen molar-refractivity contribution in [1.29, 1.82) is 0 Å². The van der Waals surface area contributed by atoms with Gasteiger partial charge in [-0.3, -0.25) is 0 Å². The lowest BCUT2D eigenvalue weighted by Gasteiger charge is -2.17. The standard InChI is InChI=1S/C9H15NO2/c1-7-5-8(2)10(6-7)4-3-9(11)12/h3-4,7-8H,5-6H2,1-2H3,(H,11,12)/b4-3+. The summed E-state index contributed by atoms with van der Waals surface area (Å²) in [6.45, 7) is 5.28. The van der Waals surface area contributed by atoms with Gasteiger partial charge in [0.2, 0.25) is 0 Å². The highest BCUT2D eigenvalue weighted by molar-refractivity contribution is 5.79. The Morgan fingerprint density at radius 1 is 1.58 bits per heavy atom. The minimum Gasteiger partial charge on any atom is -0.478 e. The van der Waals surface area contributed by atoms with E-state index in [1.807, 2.05) is 0 Å². The smallest absolute Gasteiger partial charge is 0.329 e. The molecule has 1 aliphatic rings. The van der Waals surface area contributed by atoms with Crippen LogP contribution in [0.3, 0.4) is 0 Å². The Morgan fingerprint density at radius 2 is 2.25 bits per heavy atom. The SMILES string of the molecule is CC1CC(C)N(/C=C/C(=O)O)C1. The maximum atomic E-state index is 10.2. The van der Waals surface area contributed by atoms with Gasteiger partial charge in [-0.05, 0) is 19.3 Å². The summed E-state index contributed by atoms with van der Waals surface area (Å²) in [4.78, 5) is 12.3. The van der Waals surface area contributed by atoms with Crippen LogP contribution in [0.1, 0.15) is 20.3 Å². The number of carbonyl (C=O) groups is 1. The zero-order chi connectivity index (χ0) is 9.14. The molecule has 2 atom stereocenters. The van der Waals surface area contributed by atoms with Gasteiger partial charge in [-0.25, -0.2) is 4.79 Å². The van der Waals surface area contributed by atoms with Crippen molar-refractivity contribution in [2.45, 2.75) is 26.3 Å². The van der Waals surface area contributed by atoms with E-state index in [2.05, 4.69) is 18.7 Å². The average molecular weight is 169 g/mol. The monoisotopic (exact) mass is 169 g/mol. The zero-order valence-corrected chi connectivity index (χ0v) is 7.53. The van der Waals surface area contributed by atoms with Crippen molar-refractivity contribution in [1.82, 2.24) is 4.90 Å². The third-order valence-electron chi connectivity index (χ3n) is 2.24. The fourth-order valence-electron chi connectivity index (χ4n) is 1.70. The summed E-state index contributed by atoms with van der Waals surface area (Å²) < 4.78 is 0. The van der Waals surface area contributed by atoms with E-state index in [1.54, 1.807) is 6.20 Å². The van der Waals surface area contributed by atoms with Crippen molar-refractivity contribution in [3.8, 4) is 0 Å². The van der Waals surface area contributed by atoms with Gasteiger partial charge >= 0.3 is 5.97 Å². The van der Waals surface area contributed by atoms with Crippen LogP contribution in [-0.2, 0) is 4.79 Å². The molecule has 0 spiro atoms. The van der Waals surface area contributed by atoms with Gasteiger partial charge < -0.3 is 10.0 Å². The van der Waals surface area contributed by atoms with Gasteiger partial charge in [0.05, 0.1) is 0 Å². The first-order chi connectivity index (χ1) is 5.59. The van der Waals surface area contributed by atoms with Crippen molar-refractivity contribution >= 4 is 5.97 Å². The molecular formula is C9H15NO2. The molecule has 3 heteroatoms. The fourth-order valence-corrected chi connectivity index (χ4v) is 1.70. The summed E-state index contributed by atoms with van der Waals surface area (Å²) in [5, 5.41) is 8.41. The molecule has 0 bridgehead atoms. The highest BCUT2D eigenvalue weighted by Crippen LogP contribution is 2.21. The van der Waals surface area contributed by atoms with Crippen LogP contribution in [-0.4, -0.2) is 28.6 Å². The van der Waals surface area contributed by atoms with Crippen molar-refractivity contribution in [3.05, 3.63) is 12.3 Å². The topological polar surface area (TPSA) is 40.5 Å². The predicted octanol–water partition coefficient (Wildman–Crippen LogP) is 1.31.